The maximum atomic E-state index is 11.7. The van der Waals surface area contributed by atoms with Gasteiger partial charge in [0.1, 0.15) is 0 Å². The molecule has 3 heteroatoms. The minimum Gasteiger partial charge on any atom is -0.465 e. The third-order valence-corrected chi connectivity index (χ3v) is 2.58. The predicted molar refractivity (Wildman–Crippen MR) is 60.7 cm³/mol. The Morgan fingerprint density at radius 1 is 1.27 bits per heavy atom. The van der Waals surface area contributed by atoms with Crippen molar-refractivity contribution in [3.8, 4) is 0 Å². The van der Waals surface area contributed by atoms with E-state index in [0.717, 1.165) is 12.8 Å². The molecule has 0 heterocycles. The molecule has 0 N–H and O–H groups in total. The monoisotopic (exact) mass is 216 g/mol. The summed E-state index contributed by atoms with van der Waals surface area (Å²) in [7, 11) is 0. The summed E-state index contributed by atoms with van der Waals surface area (Å²) in [6, 6.07) is 0. The van der Waals surface area contributed by atoms with Gasteiger partial charge in [-0.2, -0.15) is 0 Å². The maximum absolute atomic E-state index is 11.7. The minimum atomic E-state index is -0.111. The summed E-state index contributed by atoms with van der Waals surface area (Å²) >= 11 is 0. The highest BCUT2D eigenvalue weighted by atomic mass is 16.5. The Bertz CT molecular complexity index is 168. The second kappa shape index (κ2) is 8.72. The van der Waals surface area contributed by atoms with E-state index in [0.29, 0.717) is 25.7 Å². The molecule has 0 spiro atoms. The van der Waals surface area contributed by atoms with E-state index in [2.05, 4.69) is 13.8 Å². The summed E-state index contributed by atoms with van der Waals surface area (Å²) < 4.78 is 10.5. The highest BCUT2D eigenvalue weighted by molar-refractivity contribution is 5.72. The number of esters is 1. The molecular weight excluding hydrogens is 192 g/mol. The predicted octanol–water partition coefficient (Wildman–Crippen LogP) is 2.64. The third-order valence-electron chi connectivity index (χ3n) is 2.58. The van der Waals surface area contributed by atoms with Gasteiger partial charge in [0.25, 0.3) is 0 Å². The molecule has 3 nitrogen and oxygen atoms in total. The molecule has 0 aromatic carbocycles. The summed E-state index contributed by atoms with van der Waals surface area (Å²) in [4.78, 5) is 11.7. The molecule has 0 saturated heterocycles. The third kappa shape index (κ3) is 5.78. The van der Waals surface area contributed by atoms with Crippen LogP contribution in [0.15, 0.2) is 0 Å². The Kier molecular flexibility index (Phi) is 8.38. The normalized spacial score (nSPS) is 14.7. The highest BCUT2D eigenvalue weighted by Gasteiger charge is 2.25. The van der Waals surface area contributed by atoms with E-state index >= 15 is 0 Å². The summed E-state index contributed by atoms with van der Waals surface area (Å²) in [5, 5.41) is 0. The Labute approximate surface area is 93.1 Å². The first kappa shape index (κ1) is 14.4. The summed E-state index contributed by atoms with van der Waals surface area (Å²) in [6.07, 6.45) is 1.84. The number of carbonyl (C=O) groups excluding carboxylic acids is 1. The second-order valence-corrected chi connectivity index (χ2v) is 3.82. The average molecular weight is 216 g/mol. The van der Waals surface area contributed by atoms with Gasteiger partial charge in [0.05, 0.1) is 19.1 Å². The van der Waals surface area contributed by atoms with Crippen LogP contribution in [0.3, 0.4) is 0 Å². The van der Waals surface area contributed by atoms with Gasteiger partial charge in [-0.3, -0.25) is 4.79 Å². The van der Waals surface area contributed by atoms with Gasteiger partial charge < -0.3 is 9.47 Å². The fourth-order valence-corrected chi connectivity index (χ4v) is 1.30. The average Bonchev–Trinajstić information content (AvgIpc) is 2.26. The Morgan fingerprint density at radius 2 is 1.93 bits per heavy atom. The fourth-order valence-electron chi connectivity index (χ4n) is 1.30. The number of hydrogen-bond donors (Lipinski definition) is 0. The SMILES string of the molecule is CCCOC(=O)C(COCC)C(C)CC. The van der Waals surface area contributed by atoms with Crippen LogP contribution in [-0.4, -0.2) is 25.8 Å². The molecule has 0 saturated carbocycles. The fraction of sp³-hybridized carbons (Fsp3) is 0.917. The van der Waals surface area contributed by atoms with E-state index in [4.69, 9.17) is 9.47 Å². The highest BCUT2D eigenvalue weighted by Crippen LogP contribution is 2.17. The molecule has 0 aliphatic rings. The van der Waals surface area contributed by atoms with Gasteiger partial charge in [-0.1, -0.05) is 27.2 Å². The quantitative estimate of drug-likeness (QED) is 0.585. The van der Waals surface area contributed by atoms with Crippen molar-refractivity contribution in [1.82, 2.24) is 0 Å². The topological polar surface area (TPSA) is 35.5 Å². The summed E-state index contributed by atoms with van der Waals surface area (Å²) in [6.45, 7) is 9.71. The lowest BCUT2D eigenvalue weighted by molar-refractivity contribution is -0.153. The van der Waals surface area contributed by atoms with Crippen LogP contribution in [0, 0.1) is 11.8 Å². The van der Waals surface area contributed by atoms with Crippen molar-refractivity contribution in [2.45, 2.75) is 40.5 Å². The zero-order chi connectivity index (χ0) is 11.7. The Hall–Kier alpha value is -0.570. The Morgan fingerprint density at radius 3 is 2.40 bits per heavy atom. The van der Waals surface area contributed by atoms with Crippen LogP contribution in [0.25, 0.3) is 0 Å². The lowest BCUT2D eigenvalue weighted by Crippen LogP contribution is -2.28. The summed E-state index contributed by atoms with van der Waals surface area (Å²) in [5.41, 5.74) is 0. The number of rotatable bonds is 8. The van der Waals surface area contributed by atoms with Crippen LogP contribution in [0.2, 0.25) is 0 Å². The van der Waals surface area contributed by atoms with Crippen molar-refractivity contribution in [3.05, 3.63) is 0 Å². The van der Waals surface area contributed by atoms with Gasteiger partial charge in [0, 0.05) is 6.61 Å². The van der Waals surface area contributed by atoms with Crippen molar-refractivity contribution in [2.75, 3.05) is 19.8 Å². The molecule has 0 aliphatic heterocycles. The van der Waals surface area contributed by atoms with Gasteiger partial charge in [0.15, 0.2) is 0 Å². The van der Waals surface area contributed by atoms with Gasteiger partial charge >= 0.3 is 5.97 Å². The maximum Gasteiger partial charge on any atom is 0.311 e. The second-order valence-electron chi connectivity index (χ2n) is 3.82. The molecular formula is C12H24O3. The van der Waals surface area contributed by atoms with Gasteiger partial charge in [-0.15, -0.1) is 0 Å². The standard InChI is InChI=1S/C12H24O3/c1-5-8-15-12(13)11(9-14-7-3)10(4)6-2/h10-11H,5-9H2,1-4H3. The van der Waals surface area contributed by atoms with Crippen molar-refractivity contribution in [1.29, 1.82) is 0 Å². The minimum absolute atomic E-state index is 0.110. The van der Waals surface area contributed by atoms with Crippen molar-refractivity contribution in [3.63, 3.8) is 0 Å². The Balaban J connectivity index is 4.14. The largest absolute Gasteiger partial charge is 0.465 e. The molecule has 0 fully saturated rings. The van der Waals surface area contributed by atoms with E-state index in [9.17, 15) is 4.79 Å². The van der Waals surface area contributed by atoms with Crippen LogP contribution < -0.4 is 0 Å². The zero-order valence-corrected chi connectivity index (χ0v) is 10.4. The molecule has 0 aromatic rings. The van der Waals surface area contributed by atoms with Crippen LogP contribution in [0.1, 0.15) is 40.5 Å². The molecule has 15 heavy (non-hydrogen) atoms. The molecule has 0 bridgehead atoms. The van der Waals surface area contributed by atoms with Crippen molar-refractivity contribution >= 4 is 5.97 Å². The molecule has 2 unspecified atom stereocenters. The van der Waals surface area contributed by atoms with Crippen LogP contribution in [0.5, 0.6) is 0 Å². The van der Waals surface area contributed by atoms with Crippen molar-refractivity contribution in [2.24, 2.45) is 11.8 Å². The first-order chi connectivity index (χ1) is 7.17. The molecule has 90 valence electrons. The molecule has 0 aliphatic carbocycles. The van der Waals surface area contributed by atoms with Crippen LogP contribution in [0.4, 0.5) is 0 Å². The molecule has 2 atom stereocenters. The van der Waals surface area contributed by atoms with Crippen LogP contribution in [-0.2, 0) is 14.3 Å². The molecule has 0 amide bonds. The lowest BCUT2D eigenvalue weighted by Gasteiger charge is -2.20. The smallest absolute Gasteiger partial charge is 0.311 e. The molecule has 0 radical (unpaired) electrons. The van der Waals surface area contributed by atoms with E-state index < -0.39 is 0 Å². The lowest BCUT2D eigenvalue weighted by atomic mass is 9.92. The number of hydrogen-bond acceptors (Lipinski definition) is 3. The van der Waals surface area contributed by atoms with E-state index in [1.54, 1.807) is 0 Å². The first-order valence-electron chi connectivity index (χ1n) is 5.91. The number of ether oxygens (including phenoxy) is 2. The molecule has 0 rings (SSSR count). The van der Waals surface area contributed by atoms with Gasteiger partial charge in [0.2, 0.25) is 0 Å². The zero-order valence-electron chi connectivity index (χ0n) is 10.4. The van der Waals surface area contributed by atoms with Gasteiger partial charge in [-0.25, -0.2) is 0 Å². The number of carbonyl (C=O) groups is 1. The van der Waals surface area contributed by atoms with Crippen molar-refractivity contribution < 1.29 is 14.3 Å². The molecule has 0 aromatic heterocycles. The van der Waals surface area contributed by atoms with E-state index in [1.807, 2.05) is 13.8 Å². The summed E-state index contributed by atoms with van der Waals surface area (Å²) in [5.74, 6) is 0.0991. The van der Waals surface area contributed by atoms with E-state index in [-0.39, 0.29) is 11.9 Å². The first-order valence-corrected chi connectivity index (χ1v) is 5.91. The van der Waals surface area contributed by atoms with Gasteiger partial charge in [-0.05, 0) is 19.3 Å². The van der Waals surface area contributed by atoms with E-state index in [1.165, 1.54) is 0 Å². The van der Waals surface area contributed by atoms with Crippen LogP contribution >= 0.6 is 0 Å².